The Labute approximate surface area is 179 Å². The number of nitrogens with one attached hydrogen (secondary N) is 1. The lowest BCUT2D eigenvalue weighted by Gasteiger charge is -2.32. The number of piperidine rings is 1. The van der Waals surface area contributed by atoms with Gasteiger partial charge in [0, 0.05) is 25.6 Å². The van der Waals surface area contributed by atoms with Crippen LogP contribution in [-0.2, 0) is 19.6 Å². The second-order valence-corrected chi connectivity index (χ2v) is 9.05. The van der Waals surface area contributed by atoms with E-state index in [1.54, 1.807) is 11.8 Å². The average molecular weight is 461 g/mol. The molecule has 1 aromatic carbocycles. The number of nitrogens with zero attached hydrogens (tertiary/aromatic N) is 2. The lowest BCUT2D eigenvalue weighted by Crippen LogP contribution is -2.36. The standard InChI is InChI=1S/C19H25F2N3O6S/c1-3-15(25)22-10-12-11-24(19(26)29-12)14-9-13(20)18(30-31(2,27)28)16(21)17(14)23-7-5-4-6-8-23/h9,12H,3-8,10-11H2,1-2H3,(H,22,25)/t12-/m0/s1. The minimum absolute atomic E-state index is 0.0329. The van der Waals surface area contributed by atoms with E-state index in [1.165, 1.54) is 0 Å². The van der Waals surface area contributed by atoms with Crippen molar-refractivity contribution in [2.45, 2.75) is 38.7 Å². The van der Waals surface area contributed by atoms with E-state index >= 15 is 4.39 Å². The molecule has 12 heteroatoms. The summed E-state index contributed by atoms with van der Waals surface area (Å²) in [6.45, 7) is 2.61. The van der Waals surface area contributed by atoms with Crippen LogP contribution in [0.15, 0.2) is 6.07 Å². The van der Waals surface area contributed by atoms with Crippen LogP contribution >= 0.6 is 0 Å². The van der Waals surface area contributed by atoms with E-state index in [0.29, 0.717) is 19.3 Å². The van der Waals surface area contributed by atoms with Gasteiger partial charge < -0.3 is 19.1 Å². The molecule has 2 amide bonds. The largest absolute Gasteiger partial charge is 0.442 e. The SMILES string of the molecule is CCC(=O)NC[C@H]1CN(c2cc(F)c(OS(C)(=O)=O)c(F)c2N2CCCCC2)C(=O)O1. The molecule has 2 aliphatic heterocycles. The first-order valence-corrected chi connectivity index (χ1v) is 11.8. The summed E-state index contributed by atoms with van der Waals surface area (Å²) in [5.41, 5.74) is -0.193. The molecule has 1 N–H and O–H groups in total. The summed E-state index contributed by atoms with van der Waals surface area (Å²) in [6.07, 6.45) is 1.89. The Morgan fingerprint density at radius 3 is 2.58 bits per heavy atom. The van der Waals surface area contributed by atoms with Gasteiger partial charge in [0.05, 0.1) is 25.0 Å². The van der Waals surface area contributed by atoms with Crippen molar-refractivity contribution in [3.05, 3.63) is 17.7 Å². The fourth-order valence-electron chi connectivity index (χ4n) is 3.61. The molecule has 2 aliphatic rings. The predicted octanol–water partition coefficient (Wildman–Crippen LogP) is 2.14. The molecule has 31 heavy (non-hydrogen) atoms. The molecule has 2 saturated heterocycles. The molecular weight excluding hydrogens is 436 g/mol. The number of hydrogen-bond donors (Lipinski definition) is 1. The Kier molecular flexibility index (Phi) is 6.87. The van der Waals surface area contributed by atoms with Gasteiger partial charge in [-0.05, 0) is 19.3 Å². The highest BCUT2D eigenvalue weighted by Crippen LogP contribution is 2.42. The molecule has 0 radical (unpaired) electrons. The lowest BCUT2D eigenvalue weighted by atomic mass is 10.1. The van der Waals surface area contributed by atoms with Crippen molar-refractivity contribution in [1.29, 1.82) is 0 Å². The third kappa shape index (κ3) is 5.35. The number of benzene rings is 1. The van der Waals surface area contributed by atoms with Gasteiger partial charge in [-0.15, -0.1) is 0 Å². The highest BCUT2D eigenvalue weighted by Gasteiger charge is 2.37. The maximum atomic E-state index is 15.4. The minimum Gasteiger partial charge on any atom is -0.442 e. The van der Waals surface area contributed by atoms with Crippen molar-refractivity contribution in [1.82, 2.24) is 5.32 Å². The number of rotatable bonds is 7. The highest BCUT2D eigenvalue weighted by molar-refractivity contribution is 7.86. The van der Waals surface area contributed by atoms with Gasteiger partial charge in [0.25, 0.3) is 0 Å². The fraction of sp³-hybridized carbons (Fsp3) is 0.579. The van der Waals surface area contributed by atoms with Crippen molar-refractivity contribution >= 4 is 33.5 Å². The van der Waals surface area contributed by atoms with Crippen molar-refractivity contribution < 1.29 is 35.7 Å². The highest BCUT2D eigenvalue weighted by atomic mass is 32.2. The number of amides is 2. The van der Waals surface area contributed by atoms with Gasteiger partial charge in [-0.3, -0.25) is 9.69 Å². The van der Waals surface area contributed by atoms with Gasteiger partial charge in [-0.2, -0.15) is 8.42 Å². The summed E-state index contributed by atoms with van der Waals surface area (Å²) in [5.74, 6) is -3.71. The topological polar surface area (TPSA) is 105 Å². The van der Waals surface area contributed by atoms with Crippen LogP contribution in [0.1, 0.15) is 32.6 Å². The fourth-order valence-corrected chi connectivity index (χ4v) is 4.06. The van der Waals surface area contributed by atoms with Crippen LogP contribution in [0.5, 0.6) is 5.75 Å². The Morgan fingerprint density at radius 2 is 1.97 bits per heavy atom. The molecule has 0 aromatic heterocycles. The van der Waals surface area contributed by atoms with Gasteiger partial charge >= 0.3 is 16.2 Å². The maximum Gasteiger partial charge on any atom is 0.414 e. The second kappa shape index (κ2) is 9.25. The summed E-state index contributed by atoms with van der Waals surface area (Å²) >= 11 is 0. The Hall–Kier alpha value is -2.63. The molecule has 2 fully saturated rings. The third-order valence-electron chi connectivity index (χ3n) is 5.05. The molecule has 9 nitrogen and oxygen atoms in total. The Balaban J connectivity index is 1.98. The molecule has 3 rings (SSSR count). The van der Waals surface area contributed by atoms with Crippen LogP contribution in [0.2, 0.25) is 0 Å². The first-order valence-electron chi connectivity index (χ1n) is 10.0. The van der Waals surface area contributed by atoms with Crippen LogP contribution in [0, 0.1) is 11.6 Å². The van der Waals surface area contributed by atoms with Crippen LogP contribution in [0.4, 0.5) is 25.0 Å². The molecule has 1 atom stereocenters. The summed E-state index contributed by atoms with van der Waals surface area (Å²) in [4.78, 5) is 26.7. The zero-order chi connectivity index (χ0) is 22.8. The van der Waals surface area contributed by atoms with E-state index in [4.69, 9.17) is 4.74 Å². The second-order valence-electron chi connectivity index (χ2n) is 7.48. The number of carbonyl (C=O) groups excluding carboxylic acids is 2. The van der Waals surface area contributed by atoms with Gasteiger partial charge in [-0.25, -0.2) is 13.6 Å². The number of ether oxygens (including phenoxy) is 1. The monoisotopic (exact) mass is 461 g/mol. The molecule has 0 spiro atoms. The summed E-state index contributed by atoms with van der Waals surface area (Å²) in [7, 11) is -4.18. The molecule has 0 aliphatic carbocycles. The number of hydrogen-bond acceptors (Lipinski definition) is 7. The van der Waals surface area contributed by atoms with Gasteiger partial charge in [0.2, 0.25) is 11.7 Å². The van der Waals surface area contributed by atoms with Crippen LogP contribution in [-0.4, -0.2) is 59.0 Å². The number of cyclic esters (lactones) is 1. The maximum absolute atomic E-state index is 15.4. The summed E-state index contributed by atoms with van der Waals surface area (Å²) < 4.78 is 62.8. The average Bonchev–Trinajstić information content (AvgIpc) is 3.09. The number of carbonyl (C=O) groups is 2. The van der Waals surface area contributed by atoms with Crippen molar-refractivity contribution in [2.24, 2.45) is 0 Å². The Bertz CT molecular complexity index is 966. The zero-order valence-corrected chi connectivity index (χ0v) is 18.1. The molecule has 0 bridgehead atoms. The van der Waals surface area contributed by atoms with Crippen molar-refractivity contribution in [3.63, 3.8) is 0 Å². The molecular formula is C19H25F2N3O6S. The van der Waals surface area contributed by atoms with Crippen LogP contribution < -0.4 is 19.3 Å². The number of halogens is 2. The van der Waals surface area contributed by atoms with Crippen molar-refractivity contribution in [2.75, 3.05) is 42.2 Å². The third-order valence-corrected chi connectivity index (χ3v) is 5.52. The minimum atomic E-state index is -4.18. The van der Waals surface area contributed by atoms with Gasteiger partial charge in [0.1, 0.15) is 11.8 Å². The molecule has 0 saturated carbocycles. The van der Waals surface area contributed by atoms with E-state index in [2.05, 4.69) is 9.50 Å². The first kappa shape index (κ1) is 23.0. The van der Waals surface area contributed by atoms with E-state index in [9.17, 15) is 22.4 Å². The van der Waals surface area contributed by atoms with E-state index < -0.39 is 39.7 Å². The molecule has 0 unspecified atom stereocenters. The smallest absolute Gasteiger partial charge is 0.414 e. The molecule has 2 heterocycles. The van der Waals surface area contributed by atoms with Crippen LogP contribution in [0.25, 0.3) is 0 Å². The Morgan fingerprint density at radius 1 is 1.29 bits per heavy atom. The molecule has 172 valence electrons. The van der Waals surface area contributed by atoms with Crippen LogP contribution in [0.3, 0.4) is 0 Å². The summed E-state index contributed by atoms with van der Waals surface area (Å²) in [6, 6.07) is 0.877. The van der Waals surface area contributed by atoms with Gasteiger partial charge in [0.15, 0.2) is 11.6 Å². The normalized spacial score (nSPS) is 19.4. The van der Waals surface area contributed by atoms with E-state index in [-0.39, 0.29) is 36.8 Å². The lowest BCUT2D eigenvalue weighted by molar-refractivity contribution is -0.121. The quantitative estimate of drug-likeness (QED) is 0.621. The zero-order valence-electron chi connectivity index (χ0n) is 17.3. The predicted molar refractivity (Wildman–Crippen MR) is 109 cm³/mol. The first-order chi connectivity index (χ1) is 14.6. The van der Waals surface area contributed by atoms with E-state index in [1.807, 2.05) is 0 Å². The molecule has 1 aromatic rings. The number of anilines is 2. The van der Waals surface area contributed by atoms with Gasteiger partial charge in [-0.1, -0.05) is 6.92 Å². The van der Waals surface area contributed by atoms with E-state index in [0.717, 1.165) is 30.2 Å². The van der Waals surface area contributed by atoms with Crippen molar-refractivity contribution in [3.8, 4) is 5.75 Å². The summed E-state index contributed by atoms with van der Waals surface area (Å²) in [5, 5.41) is 2.61.